The predicted molar refractivity (Wildman–Crippen MR) is 64.0 cm³/mol. The van der Waals surface area contributed by atoms with Crippen LogP contribution in [-0.2, 0) is 4.74 Å². The molecule has 0 aromatic carbocycles. The summed E-state index contributed by atoms with van der Waals surface area (Å²) in [5.74, 6) is -0.166. The number of halogens is 1. The van der Waals surface area contributed by atoms with Gasteiger partial charge in [-0.15, -0.1) is 4.73 Å². The number of rotatable bonds is 3. The number of ether oxygens (including phenoxy) is 1. The van der Waals surface area contributed by atoms with Crippen molar-refractivity contribution in [3.63, 3.8) is 0 Å². The summed E-state index contributed by atoms with van der Waals surface area (Å²) in [6.45, 7) is -0.494. The Morgan fingerprint density at radius 3 is 2.81 bits per heavy atom. The van der Waals surface area contributed by atoms with Crippen molar-refractivity contribution in [1.82, 2.24) is 19.7 Å². The summed E-state index contributed by atoms with van der Waals surface area (Å²) < 4.78 is 19.2. The van der Waals surface area contributed by atoms with Crippen LogP contribution in [-0.4, -0.2) is 66.2 Å². The third-order valence-electron chi connectivity index (χ3n) is 3.08. The van der Waals surface area contributed by atoms with E-state index in [1.54, 1.807) is 0 Å². The van der Waals surface area contributed by atoms with E-state index in [0.717, 1.165) is 11.1 Å². The van der Waals surface area contributed by atoms with Gasteiger partial charge in [0.2, 0.25) is 5.65 Å². The Morgan fingerprint density at radius 2 is 2.14 bits per heavy atom. The van der Waals surface area contributed by atoms with Crippen molar-refractivity contribution in [3.8, 4) is 0 Å². The zero-order valence-corrected chi connectivity index (χ0v) is 10.5. The Hall–Kier alpha value is -2.08. The Morgan fingerprint density at radius 1 is 1.38 bits per heavy atom. The van der Waals surface area contributed by atoms with Gasteiger partial charge in [0.25, 0.3) is 6.29 Å². The van der Waals surface area contributed by atoms with Gasteiger partial charge in [-0.25, -0.2) is 4.98 Å². The fraction of sp³-hybridized carbons (Fsp3) is 0.500. The van der Waals surface area contributed by atoms with Gasteiger partial charge < -0.3 is 30.6 Å². The van der Waals surface area contributed by atoms with Crippen molar-refractivity contribution in [2.75, 3.05) is 12.3 Å². The van der Waals surface area contributed by atoms with Crippen LogP contribution < -0.4 is 10.6 Å². The minimum atomic E-state index is -1.40. The van der Waals surface area contributed by atoms with E-state index in [9.17, 15) is 14.6 Å². The number of anilines is 1. The fourth-order valence-electron chi connectivity index (χ4n) is 2.02. The lowest BCUT2D eigenvalue weighted by Crippen LogP contribution is -2.38. The van der Waals surface area contributed by atoms with Crippen LogP contribution in [0, 0.1) is 6.08 Å². The molecule has 0 bridgehead atoms. The molecule has 5 N–H and O–H groups in total. The first kappa shape index (κ1) is 13.9. The number of nitrogen functional groups attached to an aromatic ring is 1. The van der Waals surface area contributed by atoms with Crippen LogP contribution in [0.2, 0.25) is 0 Å². The standard InChI is InChI=1S/C10H12FN5O5/c11-10-14-7(12)4-8(15-10)16(2-13-4)21-9-6(19)5(18)3(1-17)20-9/h2-3,5-6,9,17-19H,1H2,(H2,12,14,15)/t3-,5-,6+,9-/m1/s1. The topological polar surface area (TPSA) is 149 Å². The maximum Gasteiger partial charge on any atom is 0.312 e. The van der Waals surface area contributed by atoms with Crippen LogP contribution in [0.5, 0.6) is 0 Å². The van der Waals surface area contributed by atoms with Crippen LogP contribution in [0.1, 0.15) is 0 Å². The lowest BCUT2D eigenvalue weighted by atomic mass is 10.1. The quantitative estimate of drug-likeness (QED) is 0.448. The number of fused-ring (bicyclic) bond motifs is 1. The van der Waals surface area contributed by atoms with Gasteiger partial charge in [0.15, 0.2) is 11.3 Å². The van der Waals surface area contributed by atoms with Crippen molar-refractivity contribution < 1.29 is 29.3 Å². The van der Waals surface area contributed by atoms with Gasteiger partial charge >= 0.3 is 6.08 Å². The fourth-order valence-corrected chi connectivity index (χ4v) is 2.02. The molecule has 1 saturated heterocycles. The van der Waals surface area contributed by atoms with Crippen LogP contribution in [0.25, 0.3) is 11.2 Å². The molecule has 1 fully saturated rings. The number of nitrogens with two attached hydrogens (primary N) is 1. The third kappa shape index (κ3) is 2.25. The molecule has 3 rings (SSSR count). The van der Waals surface area contributed by atoms with Crippen molar-refractivity contribution >= 4 is 17.0 Å². The predicted octanol–water partition coefficient (Wildman–Crippen LogP) is -2.58. The highest BCUT2D eigenvalue weighted by Gasteiger charge is 2.44. The number of hydrogen-bond donors (Lipinski definition) is 4. The summed E-state index contributed by atoms with van der Waals surface area (Å²) in [6.07, 6.45) is -4.91. The van der Waals surface area contributed by atoms with Crippen molar-refractivity contribution in [2.45, 2.75) is 24.6 Å². The largest absolute Gasteiger partial charge is 0.394 e. The maximum atomic E-state index is 13.2. The second-order valence-corrected chi connectivity index (χ2v) is 4.43. The summed E-state index contributed by atoms with van der Waals surface area (Å²) >= 11 is 0. The van der Waals surface area contributed by atoms with Gasteiger partial charge in [0.05, 0.1) is 6.61 Å². The molecule has 0 saturated carbocycles. The molecule has 0 aliphatic carbocycles. The highest BCUT2D eigenvalue weighted by Crippen LogP contribution is 2.22. The monoisotopic (exact) mass is 301 g/mol. The molecule has 0 spiro atoms. The van der Waals surface area contributed by atoms with E-state index in [2.05, 4.69) is 15.0 Å². The summed E-state index contributed by atoms with van der Waals surface area (Å²) in [4.78, 5) is 15.9. The second kappa shape index (κ2) is 5.04. The van der Waals surface area contributed by atoms with Crippen LogP contribution in [0.3, 0.4) is 0 Å². The average molecular weight is 301 g/mol. The number of nitrogens with zero attached hydrogens (tertiary/aromatic N) is 4. The molecule has 21 heavy (non-hydrogen) atoms. The van der Waals surface area contributed by atoms with E-state index >= 15 is 0 Å². The summed E-state index contributed by atoms with van der Waals surface area (Å²) in [7, 11) is 0. The van der Waals surface area contributed by atoms with Gasteiger partial charge in [-0.3, -0.25) is 0 Å². The lowest BCUT2D eigenvalue weighted by molar-refractivity contribution is -0.169. The SMILES string of the molecule is Nc1nc(F)nc2c1ncn2O[C@H]1O[C@H](CO)[C@@H](O)[C@@H]1O. The maximum absolute atomic E-state index is 13.2. The summed E-state index contributed by atoms with van der Waals surface area (Å²) in [5.41, 5.74) is 5.55. The van der Waals surface area contributed by atoms with Crippen LogP contribution in [0.15, 0.2) is 6.33 Å². The summed E-state index contributed by atoms with van der Waals surface area (Å²) in [5, 5.41) is 28.4. The first-order chi connectivity index (χ1) is 10.0. The minimum Gasteiger partial charge on any atom is -0.394 e. The van der Waals surface area contributed by atoms with E-state index < -0.39 is 37.3 Å². The number of imidazole rings is 1. The lowest BCUT2D eigenvalue weighted by Gasteiger charge is -2.16. The number of aliphatic hydroxyl groups excluding tert-OH is 3. The molecule has 0 unspecified atom stereocenters. The Balaban J connectivity index is 1.89. The first-order valence-corrected chi connectivity index (χ1v) is 5.97. The third-order valence-corrected chi connectivity index (χ3v) is 3.08. The molecule has 11 heteroatoms. The smallest absolute Gasteiger partial charge is 0.312 e. The molecule has 2 aromatic heterocycles. The highest BCUT2D eigenvalue weighted by molar-refractivity contribution is 5.80. The highest BCUT2D eigenvalue weighted by atomic mass is 19.1. The molecular weight excluding hydrogens is 289 g/mol. The van der Waals surface area contributed by atoms with E-state index in [4.69, 9.17) is 20.4 Å². The zero-order chi connectivity index (χ0) is 15.1. The second-order valence-electron chi connectivity index (χ2n) is 4.43. The van der Waals surface area contributed by atoms with E-state index in [1.165, 1.54) is 0 Å². The molecule has 2 aromatic rings. The van der Waals surface area contributed by atoms with Gasteiger partial charge in [0, 0.05) is 0 Å². The van der Waals surface area contributed by atoms with Crippen LogP contribution >= 0.6 is 0 Å². The molecule has 10 nitrogen and oxygen atoms in total. The van der Waals surface area contributed by atoms with E-state index in [-0.39, 0.29) is 17.0 Å². The molecule has 0 radical (unpaired) electrons. The normalized spacial score (nSPS) is 29.1. The van der Waals surface area contributed by atoms with Gasteiger partial charge in [-0.2, -0.15) is 14.4 Å². The number of hydrogen-bond acceptors (Lipinski definition) is 9. The minimum absolute atomic E-state index is 0.0576. The molecule has 1 aliphatic heterocycles. The first-order valence-electron chi connectivity index (χ1n) is 5.97. The molecule has 4 atom stereocenters. The van der Waals surface area contributed by atoms with Gasteiger partial charge in [0.1, 0.15) is 24.6 Å². The molecule has 1 aliphatic rings. The Labute approximate surface area is 116 Å². The summed E-state index contributed by atoms with van der Waals surface area (Å²) in [6, 6.07) is 0. The molecular formula is C10H12FN5O5. The average Bonchev–Trinajstić information content (AvgIpc) is 2.96. The van der Waals surface area contributed by atoms with Crippen molar-refractivity contribution in [1.29, 1.82) is 0 Å². The molecule has 3 heterocycles. The van der Waals surface area contributed by atoms with E-state index in [1.807, 2.05) is 0 Å². The van der Waals surface area contributed by atoms with Gasteiger partial charge in [-0.1, -0.05) is 0 Å². The van der Waals surface area contributed by atoms with Crippen molar-refractivity contribution in [3.05, 3.63) is 12.4 Å². The number of aliphatic hydroxyl groups is 3. The van der Waals surface area contributed by atoms with Crippen molar-refractivity contribution in [2.24, 2.45) is 0 Å². The van der Waals surface area contributed by atoms with Crippen LogP contribution in [0.4, 0.5) is 10.2 Å². The Bertz CT molecular complexity index is 667. The van der Waals surface area contributed by atoms with E-state index in [0.29, 0.717) is 0 Å². The molecule has 114 valence electrons. The molecule has 0 amide bonds. The number of aromatic nitrogens is 4. The zero-order valence-electron chi connectivity index (χ0n) is 10.5. The van der Waals surface area contributed by atoms with Gasteiger partial charge in [-0.05, 0) is 0 Å². The Kier molecular flexibility index (Phi) is 3.33.